The van der Waals surface area contributed by atoms with Gasteiger partial charge in [-0.1, -0.05) is 35.9 Å². The maximum absolute atomic E-state index is 13.4. The summed E-state index contributed by atoms with van der Waals surface area (Å²) in [5, 5.41) is 0.578. The molecule has 168 valence electrons. The quantitative estimate of drug-likeness (QED) is 0.346. The van der Waals surface area contributed by atoms with Crippen LogP contribution in [0.5, 0.6) is 5.75 Å². The van der Waals surface area contributed by atoms with Gasteiger partial charge in [0.25, 0.3) is 17.7 Å². The van der Waals surface area contributed by atoms with E-state index in [0.29, 0.717) is 59.1 Å². The summed E-state index contributed by atoms with van der Waals surface area (Å²) in [6, 6.07) is 21.0. The Kier molecular flexibility index (Phi) is 6.75. The van der Waals surface area contributed by atoms with E-state index in [1.54, 1.807) is 71.6 Å². The molecule has 0 saturated heterocycles. The molecular weight excluding hydrogens is 440 g/mol. The molecule has 1 aliphatic heterocycles. The average molecular weight is 463 g/mol. The first kappa shape index (κ1) is 22.6. The number of anilines is 1. The fraction of sp³-hybridized carbons (Fsp3) is 0.192. The van der Waals surface area contributed by atoms with Crippen molar-refractivity contribution < 1.29 is 19.1 Å². The smallest absolute Gasteiger partial charge is 0.262 e. The first-order valence-corrected chi connectivity index (χ1v) is 11.0. The van der Waals surface area contributed by atoms with Gasteiger partial charge in [-0.05, 0) is 61.4 Å². The molecule has 0 atom stereocenters. The van der Waals surface area contributed by atoms with Crippen LogP contribution in [0.1, 0.15) is 43.9 Å². The lowest BCUT2D eigenvalue weighted by Crippen LogP contribution is -2.34. The molecule has 4 rings (SSSR count). The fourth-order valence-corrected chi connectivity index (χ4v) is 4.04. The number of unbranched alkanes of at least 4 members (excludes halogenated alkanes) is 1. The first-order chi connectivity index (χ1) is 16.0. The van der Waals surface area contributed by atoms with Gasteiger partial charge in [-0.25, -0.2) is 0 Å². The Morgan fingerprint density at radius 2 is 1.48 bits per heavy atom. The summed E-state index contributed by atoms with van der Waals surface area (Å²) in [4.78, 5) is 41.5. The van der Waals surface area contributed by atoms with Gasteiger partial charge in [-0.2, -0.15) is 0 Å². The van der Waals surface area contributed by atoms with E-state index in [4.69, 9.17) is 16.3 Å². The summed E-state index contributed by atoms with van der Waals surface area (Å²) in [6.07, 6.45) is 1.16. The molecule has 0 fully saturated rings. The van der Waals surface area contributed by atoms with Crippen molar-refractivity contribution in [3.8, 4) is 5.75 Å². The number of methoxy groups -OCH3 is 1. The van der Waals surface area contributed by atoms with Crippen LogP contribution < -0.4 is 9.64 Å². The minimum Gasteiger partial charge on any atom is -0.496 e. The Balaban J connectivity index is 1.46. The largest absolute Gasteiger partial charge is 0.496 e. The number of para-hydroxylation sites is 1. The van der Waals surface area contributed by atoms with Crippen LogP contribution in [0.3, 0.4) is 0 Å². The van der Waals surface area contributed by atoms with Gasteiger partial charge in [0.05, 0.1) is 23.8 Å². The predicted molar refractivity (Wildman–Crippen MR) is 127 cm³/mol. The molecule has 3 amide bonds. The van der Waals surface area contributed by atoms with Gasteiger partial charge in [0.15, 0.2) is 0 Å². The molecule has 3 aromatic carbocycles. The monoisotopic (exact) mass is 462 g/mol. The molecule has 1 aliphatic rings. The number of carbonyl (C=O) groups excluding carboxylic acids is 3. The molecule has 7 heteroatoms. The molecule has 0 aromatic heterocycles. The van der Waals surface area contributed by atoms with Crippen LogP contribution >= 0.6 is 11.6 Å². The number of amides is 3. The van der Waals surface area contributed by atoms with Crippen molar-refractivity contribution >= 4 is 35.0 Å². The molecule has 0 N–H and O–H groups in total. The number of ether oxygens (including phenoxy) is 1. The second-order valence-electron chi connectivity index (χ2n) is 7.65. The second-order valence-corrected chi connectivity index (χ2v) is 8.08. The lowest BCUT2D eigenvalue weighted by Gasteiger charge is -2.24. The van der Waals surface area contributed by atoms with Crippen LogP contribution in [0.4, 0.5) is 5.69 Å². The van der Waals surface area contributed by atoms with Crippen molar-refractivity contribution in [1.29, 1.82) is 0 Å². The Labute approximate surface area is 197 Å². The standard InChI is InChI=1S/C26H23ClN2O4/c1-33-23-11-5-4-10-22(23)26(32)28(19-14-12-18(27)13-15-19)16-6-7-17-29-24(30)20-8-2-3-9-21(20)25(29)31/h2-5,8-15H,6-7,16-17H2,1H3. The van der Waals surface area contributed by atoms with E-state index < -0.39 is 0 Å². The fourth-order valence-electron chi connectivity index (χ4n) is 3.92. The zero-order chi connectivity index (χ0) is 23.4. The summed E-state index contributed by atoms with van der Waals surface area (Å²) < 4.78 is 5.37. The topological polar surface area (TPSA) is 66.9 Å². The van der Waals surface area contributed by atoms with E-state index in [0.717, 1.165) is 0 Å². The summed E-state index contributed by atoms with van der Waals surface area (Å²) >= 11 is 6.03. The number of imide groups is 1. The number of hydrogen-bond donors (Lipinski definition) is 0. The average Bonchev–Trinajstić information content (AvgIpc) is 3.09. The van der Waals surface area contributed by atoms with Crippen molar-refractivity contribution in [3.63, 3.8) is 0 Å². The number of rotatable bonds is 8. The van der Waals surface area contributed by atoms with Crippen molar-refractivity contribution in [2.24, 2.45) is 0 Å². The van der Waals surface area contributed by atoms with Crippen LogP contribution in [0.25, 0.3) is 0 Å². The summed E-state index contributed by atoms with van der Waals surface area (Å²) in [6.45, 7) is 0.700. The Bertz CT molecular complexity index is 1160. The lowest BCUT2D eigenvalue weighted by molar-refractivity contribution is 0.0651. The Hall–Kier alpha value is -3.64. The normalized spacial score (nSPS) is 12.6. The van der Waals surface area contributed by atoms with Crippen LogP contribution in [0, 0.1) is 0 Å². The molecule has 6 nitrogen and oxygen atoms in total. The first-order valence-electron chi connectivity index (χ1n) is 10.7. The molecule has 0 radical (unpaired) electrons. The van der Waals surface area contributed by atoms with Crippen LogP contribution in [0.2, 0.25) is 5.02 Å². The van der Waals surface area contributed by atoms with E-state index in [1.165, 1.54) is 12.0 Å². The number of fused-ring (bicyclic) bond motifs is 1. The molecule has 0 bridgehead atoms. The molecule has 0 spiro atoms. The van der Waals surface area contributed by atoms with Crippen molar-refractivity contribution in [1.82, 2.24) is 4.90 Å². The molecule has 1 heterocycles. The van der Waals surface area contributed by atoms with E-state index in [2.05, 4.69) is 0 Å². The maximum Gasteiger partial charge on any atom is 0.262 e. The predicted octanol–water partition coefficient (Wildman–Crippen LogP) is 5.07. The summed E-state index contributed by atoms with van der Waals surface area (Å²) in [5.74, 6) is -0.242. The van der Waals surface area contributed by atoms with Crippen LogP contribution in [0.15, 0.2) is 72.8 Å². The van der Waals surface area contributed by atoms with Crippen molar-refractivity contribution in [3.05, 3.63) is 94.5 Å². The maximum atomic E-state index is 13.4. The Morgan fingerprint density at radius 3 is 2.12 bits per heavy atom. The number of benzene rings is 3. The second kappa shape index (κ2) is 9.88. The lowest BCUT2D eigenvalue weighted by atomic mass is 10.1. The number of carbonyl (C=O) groups is 3. The highest BCUT2D eigenvalue weighted by Gasteiger charge is 2.34. The van der Waals surface area contributed by atoms with Crippen molar-refractivity contribution in [2.45, 2.75) is 12.8 Å². The summed E-state index contributed by atoms with van der Waals surface area (Å²) in [5.41, 5.74) is 2.04. The van der Waals surface area contributed by atoms with Gasteiger partial charge in [0, 0.05) is 23.8 Å². The molecule has 33 heavy (non-hydrogen) atoms. The number of halogens is 1. The zero-order valence-corrected chi connectivity index (χ0v) is 18.9. The van der Waals surface area contributed by atoms with Gasteiger partial charge in [0.1, 0.15) is 5.75 Å². The molecular formula is C26H23ClN2O4. The highest BCUT2D eigenvalue weighted by atomic mass is 35.5. The molecule has 0 unspecified atom stereocenters. The Morgan fingerprint density at radius 1 is 0.879 bits per heavy atom. The van der Waals surface area contributed by atoms with Crippen LogP contribution in [-0.4, -0.2) is 42.8 Å². The van der Waals surface area contributed by atoms with Gasteiger partial charge in [-0.15, -0.1) is 0 Å². The molecule has 3 aromatic rings. The third-order valence-electron chi connectivity index (χ3n) is 5.61. The number of nitrogens with zero attached hydrogens (tertiary/aromatic N) is 2. The van der Waals surface area contributed by atoms with E-state index in [1.807, 2.05) is 6.07 Å². The third kappa shape index (κ3) is 4.61. The number of hydrogen-bond acceptors (Lipinski definition) is 4. The van der Waals surface area contributed by atoms with Crippen LogP contribution in [-0.2, 0) is 0 Å². The van der Waals surface area contributed by atoms with Gasteiger partial charge < -0.3 is 9.64 Å². The van der Waals surface area contributed by atoms with Gasteiger partial charge >= 0.3 is 0 Å². The zero-order valence-electron chi connectivity index (χ0n) is 18.2. The van der Waals surface area contributed by atoms with Gasteiger partial charge in [-0.3, -0.25) is 19.3 Å². The molecule has 0 aliphatic carbocycles. The highest BCUT2D eigenvalue weighted by molar-refractivity contribution is 6.30. The van der Waals surface area contributed by atoms with Gasteiger partial charge in [0.2, 0.25) is 0 Å². The SMILES string of the molecule is COc1ccccc1C(=O)N(CCCCN1C(=O)c2ccccc2C1=O)c1ccc(Cl)cc1. The van der Waals surface area contributed by atoms with E-state index >= 15 is 0 Å². The highest BCUT2D eigenvalue weighted by Crippen LogP contribution is 2.26. The minimum absolute atomic E-state index is 0.199. The van der Waals surface area contributed by atoms with Crippen molar-refractivity contribution in [2.75, 3.05) is 25.1 Å². The summed E-state index contributed by atoms with van der Waals surface area (Å²) in [7, 11) is 1.53. The van der Waals surface area contributed by atoms with E-state index in [9.17, 15) is 14.4 Å². The third-order valence-corrected chi connectivity index (χ3v) is 5.86. The van der Waals surface area contributed by atoms with E-state index in [-0.39, 0.29) is 17.7 Å². The minimum atomic E-state index is -0.268. The molecule has 0 saturated carbocycles.